The molecule has 2 aromatic rings. The number of ketones is 1. The highest BCUT2D eigenvalue weighted by atomic mass is 16.4. The number of rotatable bonds is 3. The number of aryl methyl sites for hydroxylation is 1. The molecule has 0 aliphatic heterocycles. The van der Waals surface area contributed by atoms with Gasteiger partial charge in [0.1, 0.15) is 5.69 Å². The summed E-state index contributed by atoms with van der Waals surface area (Å²) < 4.78 is 0. The maximum absolute atomic E-state index is 12.2. The van der Waals surface area contributed by atoms with Crippen molar-refractivity contribution in [3.8, 4) is 0 Å². The standard InChI is InChI=1S/C13H12N2O3/c1-7-4-9(14)2-3-10(7)12(16)8-5-11(13(17)18)15-6-8/h2-6,15H,14H2,1H3,(H,17,18). The van der Waals surface area contributed by atoms with Crippen LogP contribution in [0.2, 0.25) is 0 Å². The van der Waals surface area contributed by atoms with Crippen LogP contribution in [-0.2, 0) is 0 Å². The summed E-state index contributed by atoms with van der Waals surface area (Å²) in [6.07, 6.45) is 1.39. The number of hydrogen-bond acceptors (Lipinski definition) is 3. The second kappa shape index (κ2) is 4.37. The lowest BCUT2D eigenvalue weighted by molar-refractivity contribution is 0.0691. The predicted molar refractivity (Wildman–Crippen MR) is 66.8 cm³/mol. The minimum absolute atomic E-state index is 0.00792. The zero-order valence-corrected chi connectivity index (χ0v) is 9.73. The molecule has 0 unspecified atom stereocenters. The molecule has 0 saturated carbocycles. The Morgan fingerprint density at radius 3 is 2.56 bits per heavy atom. The number of hydrogen-bond donors (Lipinski definition) is 3. The molecule has 4 N–H and O–H groups in total. The Morgan fingerprint density at radius 2 is 2.00 bits per heavy atom. The molecule has 0 atom stereocenters. The van der Waals surface area contributed by atoms with E-state index < -0.39 is 5.97 Å². The molecule has 0 fully saturated rings. The molecule has 18 heavy (non-hydrogen) atoms. The van der Waals surface area contributed by atoms with Crippen molar-refractivity contribution < 1.29 is 14.7 Å². The lowest BCUT2D eigenvalue weighted by Gasteiger charge is -2.04. The first-order valence-electron chi connectivity index (χ1n) is 5.31. The molecule has 0 amide bonds. The van der Waals surface area contributed by atoms with E-state index >= 15 is 0 Å². The van der Waals surface area contributed by atoms with Gasteiger partial charge in [0.05, 0.1) is 0 Å². The van der Waals surface area contributed by atoms with E-state index in [0.29, 0.717) is 16.8 Å². The maximum atomic E-state index is 12.2. The lowest BCUT2D eigenvalue weighted by atomic mass is 10.0. The Balaban J connectivity index is 2.38. The third-order valence-corrected chi connectivity index (χ3v) is 2.67. The highest BCUT2D eigenvalue weighted by molar-refractivity contribution is 6.10. The number of nitrogens with two attached hydrogens (primary N) is 1. The third-order valence-electron chi connectivity index (χ3n) is 2.67. The fourth-order valence-electron chi connectivity index (χ4n) is 1.75. The van der Waals surface area contributed by atoms with Gasteiger partial charge in [-0.2, -0.15) is 0 Å². The van der Waals surface area contributed by atoms with E-state index in [2.05, 4.69) is 4.98 Å². The van der Waals surface area contributed by atoms with Gasteiger partial charge in [-0.05, 0) is 36.8 Å². The minimum Gasteiger partial charge on any atom is -0.477 e. The molecule has 1 heterocycles. The zero-order valence-electron chi connectivity index (χ0n) is 9.73. The Hall–Kier alpha value is -2.56. The molecule has 0 bridgehead atoms. The van der Waals surface area contributed by atoms with Crippen LogP contribution in [0.5, 0.6) is 0 Å². The summed E-state index contributed by atoms with van der Waals surface area (Å²) in [5.41, 5.74) is 7.79. The van der Waals surface area contributed by atoms with Gasteiger partial charge in [0.2, 0.25) is 0 Å². The third kappa shape index (κ3) is 2.10. The molecular formula is C13H12N2O3. The first-order chi connectivity index (χ1) is 8.49. The summed E-state index contributed by atoms with van der Waals surface area (Å²) in [7, 11) is 0. The van der Waals surface area contributed by atoms with Gasteiger partial charge in [-0.3, -0.25) is 4.79 Å². The number of carboxylic acids is 1. The van der Waals surface area contributed by atoms with Crippen molar-refractivity contribution in [2.45, 2.75) is 6.92 Å². The molecule has 1 aromatic carbocycles. The van der Waals surface area contributed by atoms with Gasteiger partial charge in [-0.15, -0.1) is 0 Å². The number of nitrogens with one attached hydrogen (secondary N) is 1. The highest BCUT2D eigenvalue weighted by Gasteiger charge is 2.15. The fraction of sp³-hybridized carbons (Fsp3) is 0.0769. The van der Waals surface area contributed by atoms with Crippen molar-refractivity contribution in [2.24, 2.45) is 0 Å². The van der Waals surface area contributed by atoms with E-state index in [-0.39, 0.29) is 11.5 Å². The summed E-state index contributed by atoms with van der Waals surface area (Å²) >= 11 is 0. The largest absolute Gasteiger partial charge is 0.477 e. The van der Waals surface area contributed by atoms with Crippen LogP contribution in [0.4, 0.5) is 5.69 Å². The number of H-pyrrole nitrogens is 1. The molecule has 2 rings (SSSR count). The van der Waals surface area contributed by atoms with E-state index in [9.17, 15) is 9.59 Å². The zero-order chi connectivity index (χ0) is 13.3. The van der Waals surface area contributed by atoms with Crippen LogP contribution in [0.1, 0.15) is 32.0 Å². The summed E-state index contributed by atoms with van der Waals surface area (Å²) in [6, 6.07) is 6.31. The second-order valence-corrected chi connectivity index (χ2v) is 4.01. The Labute approximate surface area is 103 Å². The highest BCUT2D eigenvalue weighted by Crippen LogP contribution is 2.17. The van der Waals surface area contributed by atoms with Crippen molar-refractivity contribution >= 4 is 17.4 Å². The van der Waals surface area contributed by atoms with Crippen LogP contribution in [0.25, 0.3) is 0 Å². The molecule has 0 radical (unpaired) electrons. The second-order valence-electron chi connectivity index (χ2n) is 4.01. The number of aromatic nitrogens is 1. The van der Waals surface area contributed by atoms with Crippen molar-refractivity contribution in [1.82, 2.24) is 4.98 Å². The Bertz CT molecular complexity index is 629. The molecule has 5 nitrogen and oxygen atoms in total. The van der Waals surface area contributed by atoms with Gasteiger partial charge < -0.3 is 15.8 Å². The first kappa shape index (κ1) is 11.9. The van der Waals surface area contributed by atoms with Crippen molar-refractivity contribution in [2.75, 3.05) is 5.73 Å². The molecule has 0 aliphatic rings. The Kier molecular flexibility index (Phi) is 2.89. The summed E-state index contributed by atoms with van der Waals surface area (Å²) in [6.45, 7) is 1.79. The molecule has 1 aromatic heterocycles. The van der Waals surface area contributed by atoms with Crippen molar-refractivity contribution in [3.63, 3.8) is 0 Å². The van der Waals surface area contributed by atoms with Gasteiger partial charge in [0.15, 0.2) is 5.78 Å². The van der Waals surface area contributed by atoms with Gasteiger partial charge >= 0.3 is 5.97 Å². The number of anilines is 1. The molecule has 5 heteroatoms. The average Bonchev–Trinajstić information content (AvgIpc) is 2.77. The monoisotopic (exact) mass is 244 g/mol. The van der Waals surface area contributed by atoms with Gasteiger partial charge in [-0.25, -0.2) is 4.79 Å². The van der Waals surface area contributed by atoms with Gasteiger partial charge in [-0.1, -0.05) is 0 Å². The lowest BCUT2D eigenvalue weighted by Crippen LogP contribution is -2.03. The van der Waals surface area contributed by atoms with Crippen LogP contribution < -0.4 is 5.73 Å². The number of carbonyl (C=O) groups is 2. The summed E-state index contributed by atoms with van der Waals surface area (Å²) in [4.78, 5) is 25.4. The van der Waals surface area contributed by atoms with Gasteiger partial charge in [0.25, 0.3) is 0 Å². The van der Waals surface area contributed by atoms with Crippen LogP contribution in [0.3, 0.4) is 0 Å². The number of carboxylic acid groups (broad SMARTS) is 1. The van der Waals surface area contributed by atoms with Crippen LogP contribution in [-0.4, -0.2) is 21.8 Å². The number of aromatic amines is 1. The molecule has 0 spiro atoms. The van der Waals surface area contributed by atoms with E-state index in [4.69, 9.17) is 10.8 Å². The fourth-order valence-corrected chi connectivity index (χ4v) is 1.75. The quantitative estimate of drug-likeness (QED) is 0.567. The normalized spacial score (nSPS) is 10.3. The minimum atomic E-state index is -1.09. The predicted octanol–water partition coefficient (Wildman–Crippen LogP) is 1.83. The maximum Gasteiger partial charge on any atom is 0.352 e. The molecular weight excluding hydrogens is 232 g/mol. The topological polar surface area (TPSA) is 96.2 Å². The Morgan fingerprint density at radius 1 is 1.28 bits per heavy atom. The number of nitrogen functional groups attached to an aromatic ring is 1. The van der Waals surface area contributed by atoms with Crippen molar-refractivity contribution in [3.05, 3.63) is 52.8 Å². The SMILES string of the molecule is Cc1cc(N)ccc1C(=O)c1c[nH]c(C(=O)O)c1. The van der Waals surface area contributed by atoms with Crippen LogP contribution in [0.15, 0.2) is 30.5 Å². The van der Waals surface area contributed by atoms with Crippen molar-refractivity contribution in [1.29, 1.82) is 0 Å². The number of benzene rings is 1. The number of aromatic carboxylic acids is 1. The van der Waals surface area contributed by atoms with Crippen LogP contribution >= 0.6 is 0 Å². The van der Waals surface area contributed by atoms with E-state index in [1.54, 1.807) is 25.1 Å². The first-order valence-corrected chi connectivity index (χ1v) is 5.31. The molecule has 0 aliphatic carbocycles. The van der Waals surface area contributed by atoms with Gasteiger partial charge in [0, 0.05) is 23.0 Å². The van der Waals surface area contributed by atoms with E-state index in [0.717, 1.165) is 5.56 Å². The molecule has 92 valence electrons. The smallest absolute Gasteiger partial charge is 0.352 e. The molecule has 0 saturated heterocycles. The van der Waals surface area contributed by atoms with E-state index in [1.165, 1.54) is 12.3 Å². The number of carbonyl (C=O) groups excluding carboxylic acids is 1. The van der Waals surface area contributed by atoms with E-state index in [1.807, 2.05) is 0 Å². The van der Waals surface area contributed by atoms with Crippen LogP contribution in [0, 0.1) is 6.92 Å². The summed E-state index contributed by atoms with van der Waals surface area (Å²) in [5, 5.41) is 8.78. The summed E-state index contributed by atoms with van der Waals surface area (Å²) in [5.74, 6) is -1.32. The average molecular weight is 244 g/mol.